The first-order valence-electron chi connectivity index (χ1n) is 13.5. The summed E-state index contributed by atoms with van der Waals surface area (Å²) in [4.78, 5) is 35.2. The van der Waals surface area contributed by atoms with Crippen molar-refractivity contribution in [1.82, 2.24) is 20.1 Å². The molecule has 0 bridgehead atoms. The minimum atomic E-state index is -4.84. The third-order valence-electron chi connectivity index (χ3n) is 6.55. The van der Waals surface area contributed by atoms with Crippen LogP contribution in [0, 0.1) is 0 Å². The lowest BCUT2D eigenvalue weighted by Gasteiger charge is -2.21. The van der Waals surface area contributed by atoms with Gasteiger partial charge in [0, 0.05) is 17.1 Å². The number of amidine groups is 1. The molecule has 5 rings (SSSR count). The zero-order chi connectivity index (χ0) is 31.4. The molecule has 0 saturated carbocycles. The van der Waals surface area contributed by atoms with E-state index in [2.05, 4.69) is 25.1 Å². The van der Waals surface area contributed by atoms with E-state index >= 15 is 0 Å². The minimum absolute atomic E-state index is 0.0935. The summed E-state index contributed by atoms with van der Waals surface area (Å²) in [5, 5.41) is 7.84. The maximum absolute atomic E-state index is 12.8. The Labute approximate surface area is 260 Å². The first-order chi connectivity index (χ1) is 21.0. The largest absolute Gasteiger partial charge is 0.573 e. The highest BCUT2D eigenvalue weighted by Crippen LogP contribution is 2.35. The highest BCUT2D eigenvalue weighted by atomic mass is 35.5. The number of aliphatic imine (C=N–C) groups is 1. The van der Waals surface area contributed by atoms with E-state index in [1.807, 2.05) is 32.0 Å². The fraction of sp³-hybridized carbons (Fsp3) is 0.233. The SMILES string of the molecule is CC(C)c1ccc(Cl)cc1N1C(=O)CS/C1=N\C(=O)NCCc1ccc(-c2ncn(-c3ccccc3OC(F)(F)F)n2)cc1. The Kier molecular flexibility index (Phi) is 9.25. The van der Waals surface area contributed by atoms with Crippen molar-refractivity contribution in [3.8, 4) is 22.8 Å². The molecule has 2 heterocycles. The smallest absolute Gasteiger partial charge is 0.403 e. The van der Waals surface area contributed by atoms with E-state index < -0.39 is 18.1 Å². The number of nitrogens with zero attached hydrogens (tertiary/aromatic N) is 5. The minimum Gasteiger partial charge on any atom is -0.403 e. The Morgan fingerprint density at radius 1 is 1.11 bits per heavy atom. The van der Waals surface area contributed by atoms with Gasteiger partial charge in [-0.05, 0) is 47.7 Å². The fourth-order valence-corrected chi connectivity index (χ4v) is 5.53. The van der Waals surface area contributed by atoms with Crippen LogP contribution in [0.15, 0.2) is 78.0 Å². The van der Waals surface area contributed by atoms with Crippen LogP contribution in [0.25, 0.3) is 17.1 Å². The molecular formula is C30H26ClF3N6O3S. The lowest BCUT2D eigenvalue weighted by molar-refractivity contribution is -0.274. The zero-order valence-corrected chi connectivity index (χ0v) is 25.1. The zero-order valence-electron chi connectivity index (χ0n) is 23.5. The number of hydrogen-bond donors (Lipinski definition) is 1. The summed E-state index contributed by atoms with van der Waals surface area (Å²) >= 11 is 7.41. The van der Waals surface area contributed by atoms with Gasteiger partial charge in [-0.1, -0.05) is 79.7 Å². The van der Waals surface area contributed by atoms with Gasteiger partial charge in [0.05, 0.1) is 11.4 Å². The predicted octanol–water partition coefficient (Wildman–Crippen LogP) is 7.00. The lowest BCUT2D eigenvalue weighted by Crippen LogP contribution is -2.32. The van der Waals surface area contributed by atoms with Crippen LogP contribution in [0.5, 0.6) is 5.75 Å². The molecule has 14 heteroatoms. The van der Waals surface area contributed by atoms with Crippen molar-refractivity contribution in [2.24, 2.45) is 4.99 Å². The van der Waals surface area contributed by atoms with Gasteiger partial charge in [-0.3, -0.25) is 9.69 Å². The van der Waals surface area contributed by atoms with E-state index in [4.69, 9.17) is 11.6 Å². The third kappa shape index (κ3) is 7.40. The maximum Gasteiger partial charge on any atom is 0.573 e. The molecule has 1 aromatic heterocycles. The number of halogens is 4. The summed E-state index contributed by atoms with van der Waals surface area (Å²) in [6, 6.07) is 17.7. The van der Waals surface area contributed by atoms with Crippen LogP contribution < -0.4 is 15.0 Å². The van der Waals surface area contributed by atoms with Gasteiger partial charge < -0.3 is 10.1 Å². The van der Waals surface area contributed by atoms with Gasteiger partial charge in [0.1, 0.15) is 12.0 Å². The van der Waals surface area contributed by atoms with Gasteiger partial charge >= 0.3 is 12.4 Å². The van der Waals surface area contributed by atoms with Crippen molar-refractivity contribution in [1.29, 1.82) is 0 Å². The van der Waals surface area contributed by atoms with Crippen LogP contribution in [0.2, 0.25) is 5.02 Å². The van der Waals surface area contributed by atoms with Crippen molar-refractivity contribution < 1.29 is 27.5 Å². The van der Waals surface area contributed by atoms with Crippen LogP contribution in [-0.4, -0.2) is 50.5 Å². The molecule has 1 aliphatic heterocycles. The number of urea groups is 1. The van der Waals surface area contributed by atoms with Gasteiger partial charge in [0.2, 0.25) is 5.91 Å². The molecule has 1 saturated heterocycles. The molecule has 0 aliphatic carbocycles. The number of nitrogens with one attached hydrogen (secondary N) is 1. The van der Waals surface area contributed by atoms with Crippen molar-refractivity contribution in [2.45, 2.75) is 32.5 Å². The second-order valence-corrected chi connectivity index (χ2v) is 11.4. The van der Waals surface area contributed by atoms with Gasteiger partial charge in [0.25, 0.3) is 0 Å². The topological polar surface area (TPSA) is 102 Å². The molecular weight excluding hydrogens is 617 g/mol. The molecule has 1 N–H and O–H groups in total. The molecule has 3 amide bonds. The number of aromatic nitrogens is 3. The highest BCUT2D eigenvalue weighted by molar-refractivity contribution is 8.15. The normalized spacial score (nSPS) is 14.5. The van der Waals surface area contributed by atoms with Crippen LogP contribution in [0.4, 0.5) is 23.7 Å². The Balaban J connectivity index is 1.20. The van der Waals surface area contributed by atoms with E-state index in [-0.39, 0.29) is 23.3 Å². The first-order valence-corrected chi connectivity index (χ1v) is 14.8. The molecule has 228 valence electrons. The summed E-state index contributed by atoms with van der Waals surface area (Å²) in [5.41, 5.74) is 3.20. The second-order valence-electron chi connectivity index (χ2n) is 9.98. The van der Waals surface area contributed by atoms with Crippen molar-refractivity contribution in [3.05, 3.63) is 89.2 Å². The molecule has 0 atom stereocenters. The number of carbonyl (C=O) groups is 2. The Morgan fingerprint density at radius 3 is 2.59 bits per heavy atom. The Hall–Kier alpha value is -4.36. The van der Waals surface area contributed by atoms with E-state index in [1.54, 1.807) is 30.3 Å². The second kappa shape index (κ2) is 13.1. The summed E-state index contributed by atoms with van der Waals surface area (Å²) < 4.78 is 43.7. The standard InChI is InChI=1S/C30H26ClF3N6O3S/c1-18(2)22-12-11-21(31)15-24(22)40-26(41)16-44-29(40)37-28(42)35-14-13-19-7-9-20(10-8-19)27-36-17-39(38-27)23-5-3-4-6-25(23)43-30(32,33)34/h3-12,15,17-18H,13-14,16H2,1-2H3,(H,35,42)/b37-29-. The monoisotopic (exact) mass is 642 g/mol. The Morgan fingerprint density at radius 2 is 1.86 bits per heavy atom. The Bertz CT molecular complexity index is 1710. The average Bonchev–Trinajstić information content (AvgIpc) is 3.59. The molecule has 1 aliphatic rings. The highest BCUT2D eigenvalue weighted by Gasteiger charge is 2.33. The fourth-order valence-electron chi connectivity index (χ4n) is 4.51. The van der Waals surface area contributed by atoms with Gasteiger partial charge in [-0.25, -0.2) is 14.5 Å². The van der Waals surface area contributed by atoms with Gasteiger partial charge in [0.15, 0.2) is 16.7 Å². The van der Waals surface area contributed by atoms with Crippen LogP contribution in [0.1, 0.15) is 30.9 Å². The molecule has 0 radical (unpaired) electrons. The number of rotatable bonds is 8. The molecule has 3 aromatic carbocycles. The van der Waals surface area contributed by atoms with Crippen molar-refractivity contribution in [3.63, 3.8) is 0 Å². The summed E-state index contributed by atoms with van der Waals surface area (Å²) in [5.74, 6) is 0.0430. The van der Waals surface area contributed by atoms with Gasteiger partial charge in [-0.2, -0.15) is 4.99 Å². The molecule has 9 nitrogen and oxygen atoms in total. The third-order valence-corrected chi connectivity index (χ3v) is 7.71. The lowest BCUT2D eigenvalue weighted by atomic mass is 10.0. The maximum atomic E-state index is 12.8. The summed E-state index contributed by atoms with van der Waals surface area (Å²) in [7, 11) is 0. The van der Waals surface area contributed by atoms with Crippen LogP contribution >= 0.6 is 23.4 Å². The average molecular weight is 643 g/mol. The number of ether oxygens (including phenoxy) is 1. The number of amides is 3. The van der Waals surface area contributed by atoms with E-state index in [9.17, 15) is 22.8 Å². The number of alkyl halides is 3. The molecule has 4 aromatic rings. The van der Waals surface area contributed by atoms with E-state index in [0.29, 0.717) is 40.2 Å². The van der Waals surface area contributed by atoms with E-state index in [0.717, 1.165) is 11.1 Å². The number of benzene rings is 3. The van der Waals surface area contributed by atoms with Crippen molar-refractivity contribution >= 4 is 46.2 Å². The van der Waals surface area contributed by atoms with Crippen LogP contribution in [-0.2, 0) is 11.2 Å². The van der Waals surface area contributed by atoms with Crippen molar-refractivity contribution in [2.75, 3.05) is 17.2 Å². The number of anilines is 1. The molecule has 1 fully saturated rings. The summed E-state index contributed by atoms with van der Waals surface area (Å²) in [6.45, 7) is 4.32. The van der Waals surface area contributed by atoms with Crippen LogP contribution in [0.3, 0.4) is 0 Å². The van der Waals surface area contributed by atoms with Gasteiger partial charge in [-0.15, -0.1) is 18.3 Å². The number of para-hydroxylation sites is 2. The number of carbonyl (C=O) groups excluding carboxylic acids is 2. The van der Waals surface area contributed by atoms with E-state index in [1.165, 1.54) is 45.9 Å². The predicted molar refractivity (Wildman–Crippen MR) is 164 cm³/mol. The molecule has 0 unspecified atom stereocenters. The first kappa shape index (κ1) is 31.1. The molecule has 0 spiro atoms. The number of hydrogen-bond acceptors (Lipinski definition) is 6. The quantitative estimate of drug-likeness (QED) is 0.222. The number of thioether (sulfide) groups is 1. The summed E-state index contributed by atoms with van der Waals surface area (Å²) in [6.07, 6.45) is -3.03. The molecule has 44 heavy (non-hydrogen) atoms.